The number of ether oxygens (including phenoxy) is 1. The van der Waals surface area contributed by atoms with E-state index in [1.54, 1.807) is 25.0 Å². The Morgan fingerprint density at radius 3 is 2.43 bits per heavy atom. The highest BCUT2D eigenvalue weighted by molar-refractivity contribution is 7.89. The Hall–Kier alpha value is -2.38. The normalized spacial score (nSPS) is 15.5. The van der Waals surface area contributed by atoms with Gasteiger partial charge in [-0.1, -0.05) is 24.3 Å². The molecule has 0 radical (unpaired) electrons. The van der Waals surface area contributed by atoms with Gasteiger partial charge >= 0.3 is 0 Å². The van der Waals surface area contributed by atoms with Crippen LogP contribution in [0.1, 0.15) is 16.7 Å². The molecule has 3 rings (SSSR count). The van der Waals surface area contributed by atoms with E-state index in [1.165, 1.54) is 4.31 Å². The largest absolute Gasteiger partial charge is 0.497 e. The van der Waals surface area contributed by atoms with Crippen LogP contribution >= 0.6 is 0 Å². The van der Waals surface area contributed by atoms with Crippen LogP contribution < -0.4 is 4.74 Å². The van der Waals surface area contributed by atoms with E-state index in [4.69, 9.17) is 4.74 Å². The SMILES string of the molecule is COc1cccc(CC(=O)N2CCN(S(=O)(=O)c3cc(C)ccc3C)CC2)c1. The summed E-state index contributed by atoms with van der Waals surface area (Å²) >= 11 is 0. The summed E-state index contributed by atoms with van der Waals surface area (Å²) in [6, 6.07) is 12.9. The average molecular weight is 403 g/mol. The number of nitrogens with zero attached hydrogens (tertiary/aromatic N) is 2. The number of piperazine rings is 1. The molecule has 0 aromatic heterocycles. The Morgan fingerprint density at radius 1 is 1.04 bits per heavy atom. The van der Waals surface area contributed by atoms with Crippen LogP contribution in [-0.4, -0.2) is 56.8 Å². The maximum absolute atomic E-state index is 13.0. The minimum atomic E-state index is -3.55. The molecule has 1 amide bonds. The molecule has 1 fully saturated rings. The number of amides is 1. The van der Waals surface area contributed by atoms with Gasteiger partial charge in [0.25, 0.3) is 0 Å². The first-order chi connectivity index (χ1) is 13.3. The van der Waals surface area contributed by atoms with Gasteiger partial charge in [-0.3, -0.25) is 4.79 Å². The van der Waals surface area contributed by atoms with Crippen LogP contribution in [0.3, 0.4) is 0 Å². The highest BCUT2D eigenvalue weighted by atomic mass is 32.2. The highest BCUT2D eigenvalue weighted by Gasteiger charge is 2.31. The molecule has 0 spiro atoms. The number of benzene rings is 2. The summed E-state index contributed by atoms with van der Waals surface area (Å²) < 4.78 is 32.7. The van der Waals surface area contributed by atoms with Crippen molar-refractivity contribution < 1.29 is 17.9 Å². The van der Waals surface area contributed by atoms with Crippen molar-refractivity contribution in [1.29, 1.82) is 0 Å². The third-order valence-corrected chi connectivity index (χ3v) is 7.08. The van der Waals surface area contributed by atoms with E-state index in [0.717, 1.165) is 22.4 Å². The van der Waals surface area contributed by atoms with Gasteiger partial charge in [-0.25, -0.2) is 8.42 Å². The first-order valence-electron chi connectivity index (χ1n) is 9.29. The molecule has 1 saturated heterocycles. The summed E-state index contributed by atoms with van der Waals surface area (Å²) in [5.74, 6) is 0.715. The lowest BCUT2D eigenvalue weighted by Crippen LogP contribution is -2.50. The molecule has 2 aromatic carbocycles. The van der Waals surface area contributed by atoms with Gasteiger partial charge in [0.2, 0.25) is 15.9 Å². The highest BCUT2D eigenvalue weighted by Crippen LogP contribution is 2.23. The van der Waals surface area contributed by atoms with Crippen molar-refractivity contribution in [2.24, 2.45) is 0 Å². The molecule has 0 N–H and O–H groups in total. The summed E-state index contributed by atoms with van der Waals surface area (Å²) in [5.41, 5.74) is 2.54. The minimum absolute atomic E-state index is 0.00274. The number of sulfonamides is 1. The second-order valence-electron chi connectivity index (χ2n) is 7.08. The van der Waals surface area contributed by atoms with Gasteiger partial charge in [-0.05, 0) is 48.7 Å². The van der Waals surface area contributed by atoms with E-state index in [2.05, 4.69) is 0 Å². The van der Waals surface area contributed by atoms with Crippen LogP contribution in [0.5, 0.6) is 5.75 Å². The zero-order valence-corrected chi connectivity index (χ0v) is 17.3. The van der Waals surface area contributed by atoms with E-state index in [1.807, 2.05) is 43.3 Å². The van der Waals surface area contributed by atoms with Crippen LogP contribution in [0.4, 0.5) is 0 Å². The number of carbonyl (C=O) groups excluding carboxylic acids is 1. The first kappa shape index (κ1) is 20.4. The second kappa shape index (κ2) is 8.32. The lowest BCUT2D eigenvalue weighted by atomic mass is 10.1. The summed E-state index contributed by atoms with van der Waals surface area (Å²) in [5, 5.41) is 0. The molecule has 0 atom stereocenters. The van der Waals surface area contributed by atoms with Crippen molar-refractivity contribution in [2.75, 3.05) is 33.3 Å². The fraction of sp³-hybridized carbons (Fsp3) is 0.381. The molecule has 0 aliphatic carbocycles. The van der Waals surface area contributed by atoms with Crippen LogP contribution in [-0.2, 0) is 21.2 Å². The average Bonchev–Trinajstić information content (AvgIpc) is 2.70. The van der Waals surface area contributed by atoms with Crippen molar-refractivity contribution in [2.45, 2.75) is 25.2 Å². The lowest BCUT2D eigenvalue weighted by Gasteiger charge is -2.34. The lowest BCUT2D eigenvalue weighted by molar-refractivity contribution is -0.131. The number of methoxy groups -OCH3 is 1. The maximum atomic E-state index is 13.0. The number of aryl methyl sites for hydroxylation is 2. The maximum Gasteiger partial charge on any atom is 0.243 e. The Bertz CT molecular complexity index is 964. The van der Waals surface area contributed by atoms with Crippen LogP contribution in [0.15, 0.2) is 47.4 Å². The van der Waals surface area contributed by atoms with Gasteiger partial charge in [-0.15, -0.1) is 0 Å². The predicted octanol–water partition coefficient (Wildman–Crippen LogP) is 2.39. The predicted molar refractivity (Wildman–Crippen MR) is 108 cm³/mol. The van der Waals surface area contributed by atoms with E-state index < -0.39 is 10.0 Å². The van der Waals surface area contributed by atoms with Gasteiger partial charge in [0.1, 0.15) is 5.75 Å². The molecular formula is C21H26N2O4S. The van der Waals surface area contributed by atoms with Gasteiger partial charge < -0.3 is 9.64 Å². The van der Waals surface area contributed by atoms with Crippen molar-refractivity contribution in [1.82, 2.24) is 9.21 Å². The molecule has 0 unspecified atom stereocenters. The monoisotopic (exact) mass is 402 g/mol. The van der Waals surface area contributed by atoms with E-state index in [0.29, 0.717) is 31.1 Å². The molecule has 150 valence electrons. The van der Waals surface area contributed by atoms with Crippen LogP contribution in [0, 0.1) is 13.8 Å². The first-order valence-corrected chi connectivity index (χ1v) is 10.7. The fourth-order valence-electron chi connectivity index (χ4n) is 3.37. The van der Waals surface area contributed by atoms with Crippen LogP contribution in [0.2, 0.25) is 0 Å². The van der Waals surface area contributed by atoms with Crippen molar-refractivity contribution >= 4 is 15.9 Å². The summed E-state index contributed by atoms with van der Waals surface area (Å²) in [7, 11) is -1.96. The topological polar surface area (TPSA) is 66.9 Å². The third-order valence-electron chi connectivity index (χ3n) is 5.04. The Labute approximate surface area is 166 Å². The van der Waals surface area contributed by atoms with E-state index in [-0.39, 0.29) is 12.3 Å². The van der Waals surface area contributed by atoms with Gasteiger partial charge in [0, 0.05) is 26.2 Å². The standard InChI is InChI=1S/C21H26N2O4S/c1-16-7-8-17(2)20(13-16)28(25,26)23-11-9-22(10-12-23)21(24)15-18-5-4-6-19(14-18)27-3/h4-8,13-14H,9-12,15H2,1-3H3. The molecule has 6 nitrogen and oxygen atoms in total. The molecule has 7 heteroatoms. The number of carbonyl (C=O) groups is 1. The number of rotatable bonds is 5. The summed E-state index contributed by atoms with van der Waals surface area (Å²) in [4.78, 5) is 14.7. The Balaban J connectivity index is 1.65. The fourth-order valence-corrected chi connectivity index (χ4v) is 5.10. The molecule has 0 bridgehead atoms. The van der Waals surface area contributed by atoms with Gasteiger partial charge in [0.15, 0.2) is 0 Å². The number of hydrogen-bond acceptors (Lipinski definition) is 4. The molecule has 2 aromatic rings. The third kappa shape index (κ3) is 4.36. The van der Waals surface area contributed by atoms with E-state index in [9.17, 15) is 13.2 Å². The molecule has 1 aliphatic rings. The molecule has 28 heavy (non-hydrogen) atoms. The molecule has 1 aliphatic heterocycles. The van der Waals surface area contributed by atoms with E-state index >= 15 is 0 Å². The van der Waals surface area contributed by atoms with Gasteiger partial charge in [-0.2, -0.15) is 4.31 Å². The second-order valence-corrected chi connectivity index (χ2v) is 8.99. The molecule has 1 heterocycles. The van der Waals surface area contributed by atoms with Crippen molar-refractivity contribution in [3.05, 3.63) is 59.2 Å². The quantitative estimate of drug-likeness (QED) is 0.770. The van der Waals surface area contributed by atoms with Crippen LogP contribution in [0.25, 0.3) is 0 Å². The molecular weight excluding hydrogens is 376 g/mol. The Kier molecular flexibility index (Phi) is 6.05. The summed E-state index contributed by atoms with van der Waals surface area (Å²) in [6.45, 7) is 5.09. The molecule has 0 saturated carbocycles. The Morgan fingerprint density at radius 2 is 1.75 bits per heavy atom. The number of hydrogen-bond donors (Lipinski definition) is 0. The zero-order chi connectivity index (χ0) is 20.3. The smallest absolute Gasteiger partial charge is 0.243 e. The zero-order valence-electron chi connectivity index (χ0n) is 16.5. The minimum Gasteiger partial charge on any atom is -0.497 e. The summed E-state index contributed by atoms with van der Waals surface area (Å²) in [6.07, 6.45) is 0.279. The van der Waals surface area contributed by atoms with Crippen molar-refractivity contribution in [3.63, 3.8) is 0 Å². The van der Waals surface area contributed by atoms with Gasteiger partial charge in [0.05, 0.1) is 18.4 Å². The van der Waals surface area contributed by atoms with Crippen molar-refractivity contribution in [3.8, 4) is 5.75 Å².